The number of fused-ring (bicyclic) bond motifs is 1. The Labute approximate surface area is 190 Å². The van der Waals surface area contributed by atoms with Gasteiger partial charge in [-0.2, -0.15) is 5.10 Å². The second-order valence-corrected chi connectivity index (χ2v) is 7.51. The van der Waals surface area contributed by atoms with Gasteiger partial charge < -0.3 is 9.30 Å². The SMILES string of the molecule is COC(=O)c1cccc(Cn2cc(/C=N\NC(=O)c3ccccc3Cl)c3ccccc32)c1. The summed E-state index contributed by atoms with van der Waals surface area (Å²) in [5.74, 6) is -0.749. The number of benzene rings is 3. The Hall–Kier alpha value is -3.90. The third-order valence-corrected chi connectivity index (χ3v) is 5.34. The lowest BCUT2D eigenvalue weighted by molar-refractivity contribution is 0.0600. The van der Waals surface area contributed by atoms with E-state index in [2.05, 4.69) is 15.1 Å². The van der Waals surface area contributed by atoms with Crippen LogP contribution in [0.5, 0.6) is 0 Å². The Kier molecular flexibility index (Phi) is 6.33. The average Bonchev–Trinajstić information content (AvgIpc) is 3.16. The molecule has 0 aliphatic heterocycles. The van der Waals surface area contributed by atoms with Crippen LogP contribution in [-0.4, -0.2) is 29.8 Å². The zero-order valence-electron chi connectivity index (χ0n) is 17.3. The highest BCUT2D eigenvalue weighted by Crippen LogP contribution is 2.22. The van der Waals surface area contributed by atoms with Gasteiger partial charge in [-0.3, -0.25) is 4.79 Å². The monoisotopic (exact) mass is 445 g/mol. The van der Waals surface area contributed by atoms with E-state index in [9.17, 15) is 9.59 Å². The molecule has 7 heteroatoms. The van der Waals surface area contributed by atoms with Crippen LogP contribution in [0.4, 0.5) is 0 Å². The van der Waals surface area contributed by atoms with Crippen LogP contribution in [0.15, 0.2) is 84.1 Å². The van der Waals surface area contributed by atoms with Crippen molar-refractivity contribution in [2.24, 2.45) is 5.10 Å². The number of hydrogen-bond donors (Lipinski definition) is 1. The number of rotatable bonds is 6. The molecule has 6 nitrogen and oxygen atoms in total. The number of esters is 1. The molecule has 0 bridgehead atoms. The fraction of sp³-hybridized carbons (Fsp3) is 0.0800. The highest BCUT2D eigenvalue weighted by atomic mass is 35.5. The summed E-state index contributed by atoms with van der Waals surface area (Å²) >= 11 is 6.07. The number of nitrogens with zero attached hydrogens (tertiary/aromatic N) is 2. The third-order valence-electron chi connectivity index (χ3n) is 5.01. The maximum absolute atomic E-state index is 12.3. The van der Waals surface area contributed by atoms with E-state index in [1.54, 1.807) is 36.5 Å². The summed E-state index contributed by atoms with van der Waals surface area (Å²) in [6.07, 6.45) is 3.57. The number of nitrogens with one attached hydrogen (secondary N) is 1. The maximum Gasteiger partial charge on any atom is 0.337 e. The van der Waals surface area contributed by atoms with E-state index in [-0.39, 0.29) is 11.9 Å². The standard InChI is InChI=1S/C25H20ClN3O3/c1-32-25(31)18-8-6-7-17(13-18)15-29-16-19(20-9-3-5-12-23(20)29)14-27-28-24(30)21-10-2-4-11-22(21)26/h2-14,16H,15H2,1H3,(H,28,30)/b27-14-. The molecule has 160 valence electrons. The van der Waals surface area contributed by atoms with Crippen molar-refractivity contribution in [1.29, 1.82) is 0 Å². The molecule has 0 unspecified atom stereocenters. The number of hydrogen-bond acceptors (Lipinski definition) is 4. The first-order valence-corrected chi connectivity index (χ1v) is 10.3. The minimum Gasteiger partial charge on any atom is -0.465 e. The van der Waals surface area contributed by atoms with Crippen LogP contribution in [0.25, 0.3) is 10.9 Å². The Bertz CT molecular complexity index is 1330. The Morgan fingerprint density at radius 1 is 1.06 bits per heavy atom. The van der Waals surface area contributed by atoms with Crippen LogP contribution in [0.1, 0.15) is 31.8 Å². The van der Waals surface area contributed by atoms with Gasteiger partial charge in [0, 0.05) is 29.2 Å². The summed E-state index contributed by atoms with van der Waals surface area (Å²) in [7, 11) is 1.37. The van der Waals surface area contributed by atoms with Gasteiger partial charge in [0.1, 0.15) is 0 Å². The van der Waals surface area contributed by atoms with E-state index in [1.165, 1.54) is 7.11 Å². The Balaban J connectivity index is 1.58. The van der Waals surface area contributed by atoms with Gasteiger partial charge in [0.15, 0.2) is 0 Å². The molecule has 0 spiro atoms. The van der Waals surface area contributed by atoms with Gasteiger partial charge in [-0.05, 0) is 35.9 Å². The van der Waals surface area contributed by atoms with E-state index in [4.69, 9.17) is 16.3 Å². The van der Waals surface area contributed by atoms with Crippen molar-refractivity contribution in [3.8, 4) is 0 Å². The molecule has 1 heterocycles. The minimum absolute atomic E-state index is 0.360. The number of amides is 1. The van der Waals surface area contributed by atoms with Gasteiger partial charge in [-0.15, -0.1) is 0 Å². The molecular weight excluding hydrogens is 426 g/mol. The van der Waals surface area contributed by atoms with Crippen molar-refractivity contribution in [3.05, 3.63) is 106 Å². The number of halogens is 1. The van der Waals surface area contributed by atoms with E-state index < -0.39 is 0 Å². The van der Waals surface area contributed by atoms with Gasteiger partial charge >= 0.3 is 5.97 Å². The lowest BCUT2D eigenvalue weighted by Gasteiger charge is -2.07. The predicted octanol–water partition coefficient (Wildman–Crippen LogP) is 4.89. The maximum atomic E-state index is 12.3. The molecule has 0 saturated carbocycles. The third kappa shape index (κ3) is 4.55. The van der Waals surface area contributed by atoms with Crippen LogP contribution in [0.2, 0.25) is 5.02 Å². The number of carbonyl (C=O) groups is 2. The molecule has 3 aromatic carbocycles. The Morgan fingerprint density at radius 2 is 1.84 bits per heavy atom. The molecule has 0 fully saturated rings. The number of methoxy groups -OCH3 is 1. The second kappa shape index (κ2) is 9.49. The molecule has 1 aromatic heterocycles. The largest absolute Gasteiger partial charge is 0.465 e. The topological polar surface area (TPSA) is 72.7 Å². The summed E-state index contributed by atoms with van der Waals surface area (Å²) in [5.41, 5.74) is 6.21. The molecule has 1 N–H and O–H groups in total. The van der Waals surface area contributed by atoms with Crippen LogP contribution < -0.4 is 5.43 Å². The van der Waals surface area contributed by atoms with E-state index in [1.807, 2.05) is 48.7 Å². The highest BCUT2D eigenvalue weighted by Gasteiger charge is 2.11. The van der Waals surface area contributed by atoms with Crippen molar-refractivity contribution >= 4 is 40.6 Å². The summed E-state index contributed by atoms with van der Waals surface area (Å²) in [4.78, 5) is 24.2. The number of ether oxygens (including phenoxy) is 1. The molecule has 4 rings (SSSR count). The molecule has 1 amide bonds. The minimum atomic E-state index is -0.379. The first kappa shape index (κ1) is 21.3. The Morgan fingerprint density at radius 3 is 2.66 bits per heavy atom. The molecule has 0 atom stereocenters. The summed E-state index contributed by atoms with van der Waals surface area (Å²) in [5, 5.41) is 5.48. The summed E-state index contributed by atoms with van der Waals surface area (Å²) in [6, 6.07) is 22.1. The van der Waals surface area contributed by atoms with Gasteiger partial charge in [0.05, 0.1) is 29.5 Å². The van der Waals surface area contributed by atoms with Crippen molar-refractivity contribution in [1.82, 2.24) is 9.99 Å². The molecule has 0 aliphatic carbocycles. The number of carbonyl (C=O) groups excluding carboxylic acids is 2. The van der Waals surface area contributed by atoms with E-state index in [0.29, 0.717) is 22.7 Å². The van der Waals surface area contributed by atoms with E-state index >= 15 is 0 Å². The fourth-order valence-electron chi connectivity index (χ4n) is 3.49. The van der Waals surface area contributed by atoms with Gasteiger partial charge in [-0.25, -0.2) is 10.2 Å². The lowest BCUT2D eigenvalue weighted by Crippen LogP contribution is -2.17. The average molecular weight is 446 g/mol. The van der Waals surface area contributed by atoms with Crippen molar-refractivity contribution < 1.29 is 14.3 Å². The molecule has 0 radical (unpaired) electrons. The number of para-hydroxylation sites is 1. The molecular formula is C25H20ClN3O3. The second-order valence-electron chi connectivity index (χ2n) is 7.10. The van der Waals surface area contributed by atoms with Crippen LogP contribution in [0.3, 0.4) is 0 Å². The predicted molar refractivity (Wildman–Crippen MR) is 125 cm³/mol. The number of aromatic nitrogens is 1. The zero-order valence-corrected chi connectivity index (χ0v) is 18.0. The van der Waals surface area contributed by atoms with Crippen LogP contribution in [-0.2, 0) is 11.3 Å². The van der Waals surface area contributed by atoms with Crippen LogP contribution in [0, 0.1) is 0 Å². The van der Waals surface area contributed by atoms with Crippen molar-refractivity contribution in [2.75, 3.05) is 7.11 Å². The number of hydrazone groups is 1. The quantitative estimate of drug-likeness (QED) is 0.261. The molecule has 32 heavy (non-hydrogen) atoms. The first-order chi connectivity index (χ1) is 15.6. The van der Waals surface area contributed by atoms with Gasteiger partial charge in [-0.1, -0.05) is 54.1 Å². The van der Waals surface area contributed by atoms with Crippen molar-refractivity contribution in [3.63, 3.8) is 0 Å². The summed E-state index contributed by atoms with van der Waals surface area (Å²) < 4.78 is 6.89. The van der Waals surface area contributed by atoms with Crippen molar-refractivity contribution in [2.45, 2.75) is 6.54 Å². The van der Waals surface area contributed by atoms with E-state index in [0.717, 1.165) is 22.0 Å². The van der Waals surface area contributed by atoms with Crippen LogP contribution >= 0.6 is 11.6 Å². The first-order valence-electron chi connectivity index (χ1n) is 9.90. The molecule has 0 aliphatic rings. The lowest BCUT2D eigenvalue weighted by atomic mass is 10.1. The van der Waals surface area contributed by atoms with Gasteiger partial charge in [0.25, 0.3) is 5.91 Å². The molecule has 0 saturated heterocycles. The molecule has 4 aromatic rings. The smallest absolute Gasteiger partial charge is 0.337 e. The normalized spacial score (nSPS) is 11.1. The fourth-order valence-corrected chi connectivity index (χ4v) is 3.71. The zero-order chi connectivity index (χ0) is 22.5. The summed E-state index contributed by atoms with van der Waals surface area (Å²) in [6.45, 7) is 0.561. The van der Waals surface area contributed by atoms with Gasteiger partial charge in [0.2, 0.25) is 0 Å². The highest BCUT2D eigenvalue weighted by molar-refractivity contribution is 6.33.